The number of amides is 1. The average Bonchev–Trinajstić information content (AvgIpc) is 2.77. The number of aromatic nitrogens is 4. The molecule has 20 heavy (non-hydrogen) atoms. The van der Waals surface area contributed by atoms with E-state index in [2.05, 4.69) is 20.3 Å². The van der Waals surface area contributed by atoms with Gasteiger partial charge in [-0.05, 0) is 6.92 Å². The van der Waals surface area contributed by atoms with Gasteiger partial charge in [-0.1, -0.05) is 0 Å². The van der Waals surface area contributed by atoms with Crippen molar-refractivity contribution in [2.75, 3.05) is 12.3 Å². The Labute approximate surface area is 113 Å². The van der Waals surface area contributed by atoms with Gasteiger partial charge < -0.3 is 20.7 Å². The van der Waals surface area contributed by atoms with Crippen LogP contribution in [0.3, 0.4) is 0 Å². The van der Waals surface area contributed by atoms with Gasteiger partial charge in [-0.15, -0.1) is 0 Å². The Hall–Kier alpha value is -2.42. The van der Waals surface area contributed by atoms with Crippen LogP contribution in [0.15, 0.2) is 11.1 Å². The third kappa shape index (κ3) is 3.12. The second-order valence-electron chi connectivity index (χ2n) is 4.46. The minimum absolute atomic E-state index is 0.00260. The molecule has 0 aromatic carbocycles. The number of rotatable bonds is 5. The standard InChI is InChI=1S/C11H16N6O3/c1-6(18)4-13-7(19)2-3-17-5-14-8-9(17)15-11(12)16-10(8)20/h5-6,18H,2-4H2,1H3,(H,13,19)(H3,12,15,16,20). The molecule has 1 atom stereocenters. The normalized spacial score (nSPS) is 12.5. The van der Waals surface area contributed by atoms with E-state index in [1.54, 1.807) is 11.5 Å². The van der Waals surface area contributed by atoms with E-state index in [9.17, 15) is 9.59 Å². The molecule has 0 spiro atoms. The molecule has 108 valence electrons. The third-order valence-corrected chi connectivity index (χ3v) is 2.67. The van der Waals surface area contributed by atoms with Gasteiger partial charge in [0.15, 0.2) is 11.2 Å². The molecule has 0 fully saturated rings. The first-order chi connectivity index (χ1) is 9.47. The Morgan fingerprint density at radius 1 is 1.65 bits per heavy atom. The van der Waals surface area contributed by atoms with Crippen LogP contribution in [0.2, 0.25) is 0 Å². The highest BCUT2D eigenvalue weighted by molar-refractivity contribution is 5.76. The zero-order valence-corrected chi connectivity index (χ0v) is 11.0. The first kappa shape index (κ1) is 14.0. The largest absolute Gasteiger partial charge is 0.392 e. The predicted molar refractivity (Wildman–Crippen MR) is 71.9 cm³/mol. The SMILES string of the molecule is CC(O)CNC(=O)CCn1cnc2c(=O)[nH]c(N)nc21. The van der Waals surface area contributed by atoms with Crippen molar-refractivity contribution in [2.24, 2.45) is 0 Å². The average molecular weight is 280 g/mol. The van der Waals surface area contributed by atoms with Crippen LogP contribution in [0.1, 0.15) is 13.3 Å². The minimum Gasteiger partial charge on any atom is -0.392 e. The molecular weight excluding hydrogens is 264 g/mol. The molecule has 0 aliphatic heterocycles. The molecule has 0 bridgehead atoms. The van der Waals surface area contributed by atoms with Crippen LogP contribution in [0, 0.1) is 0 Å². The van der Waals surface area contributed by atoms with E-state index in [-0.39, 0.29) is 30.3 Å². The van der Waals surface area contributed by atoms with Crippen molar-refractivity contribution in [3.8, 4) is 0 Å². The number of hydrogen-bond donors (Lipinski definition) is 4. The number of carbonyl (C=O) groups excluding carboxylic acids is 1. The molecule has 9 heteroatoms. The maximum atomic E-state index is 11.6. The number of nitrogen functional groups attached to an aromatic ring is 1. The smallest absolute Gasteiger partial charge is 0.280 e. The number of carbonyl (C=O) groups is 1. The summed E-state index contributed by atoms with van der Waals surface area (Å²) < 4.78 is 1.59. The topological polar surface area (TPSA) is 139 Å². The van der Waals surface area contributed by atoms with E-state index in [0.29, 0.717) is 12.2 Å². The molecule has 2 aromatic heterocycles. The Morgan fingerprint density at radius 3 is 3.10 bits per heavy atom. The van der Waals surface area contributed by atoms with E-state index in [4.69, 9.17) is 10.8 Å². The maximum Gasteiger partial charge on any atom is 0.280 e. The molecule has 1 amide bonds. The molecule has 9 nitrogen and oxygen atoms in total. The van der Waals surface area contributed by atoms with Gasteiger partial charge in [0.25, 0.3) is 5.56 Å². The van der Waals surface area contributed by atoms with Crippen LogP contribution >= 0.6 is 0 Å². The molecule has 2 aromatic rings. The summed E-state index contributed by atoms with van der Waals surface area (Å²) in [6.07, 6.45) is 1.04. The Balaban J connectivity index is 2.07. The highest BCUT2D eigenvalue weighted by atomic mass is 16.3. The van der Waals surface area contributed by atoms with Crippen LogP contribution in [0.5, 0.6) is 0 Å². The third-order valence-electron chi connectivity index (χ3n) is 2.67. The highest BCUT2D eigenvalue weighted by Crippen LogP contribution is 2.06. The molecule has 0 saturated heterocycles. The molecule has 0 saturated carbocycles. The second kappa shape index (κ2) is 5.70. The Bertz CT molecular complexity index is 674. The molecule has 0 aliphatic carbocycles. The monoisotopic (exact) mass is 280 g/mol. The lowest BCUT2D eigenvalue weighted by molar-refractivity contribution is -0.121. The van der Waals surface area contributed by atoms with Crippen molar-refractivity contribution in [3.63, 3.8) is 0 Å². The number of fused-ring (bicyclic) bond motifs is 1. The van der Waals surface area contributed by atoms with Crippen molar-refractivity contribution in [1.82, 2.24) is 24.8 Å². The highest BCUT2D eigenvalue weighted by Gasteiger charge is 2.10. The Kier molecular flexibility index (Phi) is 3.99. The van der Waals surface area contributed by atoms with Crippen molar-refractivity contribution in [3.05, 3.63) is 16.7 Å². The summed E-state index contributed by atoms with van der Waals surface area (Å²) in [6.45, 7) is 2.11. The van der Waals surface area contributed by atoms with Crippen LogP contribution in [0.4, 0.5) is 5.95 Å². The predicted octanol–water partition coefficient (Wildman–Crippen LogP) is -1.41. The minimum atomic E-state index is -0.590. The summed E-state index contributed by atoms with van der Waals surface area (Å²) in [5.74, 6) is -0.201. The van der Waals surface area contributed by atoms with Gasteiger partial charge in [-0.3, -0.25) is 14.6 Å². The van der Waals surface area contributed by atoms with E-state index in [1.165, 1.54) is 6.33 Å². The fourth-order valence-electron chi connectivity index (χ4n) is 1.71. The van der Waals surface area contributed by atoms with Gasteiger partial charge in [0.2, 0.25) is 11.9 Å². The lowest BCUT2D eigenvalue weighted by Crippen LogP contribution is -2.31. The van der Waals surface area contributed by atoms with E-state index in [0.717, 1.165) is 0 Å². The van der Waals surface area contributed by atoms with E-state index >= 15 is 0 Å². The molecule has 0 radical (unpaired) electrons. The molecular formula is C11H16N6O3. The van der Waals surface area contributed by atoms with Gasteiger partial charge in [-0.2, -0.15) is 4.98 Å². The van der Waals surface area contributed by atoms with Gasteiger partial charge in [0, 0.05) is 19.5 Å². The van der Waals surface area contributed by atoms with Crippen LogP contribution < -0.4 is 16.6 Å². The summed E-state index contributed by atoms with van der Waals surface area (Å²) in [7, 11) is 0. The lowest BCUT2D eigenvalue weighted by atomic mass is 10.3. The molecule has 5 N–H and O–H groups in total. The number of nitrogens with zero attached hydrogens (tertiary/aromatic N) is 3. The number of aliphatic hydroxyl groups is 1. The van der Waals surface area contributed by atoms with Crippen molar-refractivity contribution in [2.45, 2.75) is 26.0 Å². The maximum absolute atomic E-state index is 11.6. The lowest BCUT2D eigenvalue weighted by Gasteiger charge is -2.07. The number of hydrogen-bond acceptors (Lipinski definition) is 6. The zero-order chi connectivity index (χ0) is 14.7. The van der Waals surface area contributed by atoms with Gasteiger partial charge in [0.05, 0.1) is 12.4 Å². The number of aryl methyl sites for hydroxylation is 1. The van der Waals surface area contributed by atoms with Crippen LogP contribution in [0.25, 0.3) is 11.2 Å². The van der Waals surface area contributed by atoms with Gasteiger partial charge in [-0.25, -0.2) is 4.98 Å². The van der Waals surface area contributed by atoms with Gasteiger partial charge >= 0.3 is 0 Å². The molecule has 2 rings (SSSR count). The quantitative estimate of drug-likeness (QED) is 0.530. The van der Waals surface area contributed by atoms with Crippen molar-refractivity contribution < 1.29 is 9.90 Å². The number of nitrogens with one attached hydrogen (secondary N) is 2. The first-order valence-corrected chi connectivity index (χ1v) is 6.12. The van der Waals surface area contributed by atoms with Crippen LogP contribution in [-0.4, -0.2) is 43.2 Å². The van der Waals surface area contributed by atoms with E-state index in [1.807, 2.05) is 0 Å². The fourth-order valence-corrected chi connectivity index (χ4v) is 1.71. The summed E-state index contributed by atoms with van der Waals surface area (Å²) in [4.78, 5) is 33.4. The zero-order valence-electron chi connectivity index (χ0n) is 11.0. The summed E-state index contributed by atoms with van der Waals surface area (Å²) in [6, 6.07) is 0. The van der Waals surface area contributed by atoms with Crippen molar-refractivity contribution >= 4 is 23.0 Å². The number of nitrogens with two attached hydrogens (primary N) is 1. The van der Waals surface area contributed by atoms with E-state index < -0.39 is 11.7 Å². The van der Waals surface area contributed by atoms with Crippen molar-refractivity contribution in [1.29, 1.82) is 0 Å². The number of anilines is 1. The number of aromatic amines is 1. The number of aliphatic hydroxyl groups excluding tert-OH is 1. The first-order valence-electron chi connectivity index (χ1n) is 6.12. The molecule has 1 unspecified atom stereocenters. The molecule has 2 heterocycles. The molecule has 0 aliphatic rings. The number of imidazole rings is 1. The second-order valence-corrected chi connectivity index (χ2v) is 4.46. The summed E-state index contributed by atoms with van der Waals surface area (Å²) in [5, 5.41) is 11.6. The number of H-pyrrole nitrogens is 1. The Morgan fingerprint density at radius 2 is 2.40 bits per heavy atom. The van der Waals surface area contributed by atoms with Crippen LogP contribution in [-0.2, 0) is 11.3 Å². The summed E-state index contributed by atoms with van der Waals surface area (Å²) >= 11 is 0. The fraction of sp³-hybridized carbons (Fsp3) is 0.455. The summed E-state index contributed by atoms with van der Waals surface area (Å²) in [5.41, 5.74) is 5.59. The van der Waals surface area contributed by atoms with Gasteiger partial charge in [0.1, 0.15) is 0 Å².